The number of urea groups is 1. The zero-order valence-electron chi connectivity index (χ0n) is 18.6. The average molecular weight is 495 g/mol. The molecule has 3 aromatic rings. The summed E-state index contributed by atoms with van der Waals surface area (Å²) in [7, 11) is -3.93. The third kappa shape index (κ3) is 4.82. The number of aromatic nitrogens is 2. The quantitative estimate of drug-likeness (QED) is 0.406. The molecule has 1 saturated heterocycles. The van der Waals surface area contributed by atoms with Crippen LogP contribution in [-0.2, 0) is 25.2 Å². The molecule has 0 bridgehead atoms. The van der Waals surface area contributed by atoms with Crippen molar-refractivity contribution in [2.24, 2.45) is 0 Å². The molecular formula is C23H22N6O5S. The monoisotopic (exact) mass is 494 g/mol. The van der Waals surface area contributed by atoms with Gasteiger partial charge in [0, 0.05) is 18.1 Å². The number of carbonyl (C=O) groups is 3. The van der Waals surface area contributed by atoms with Gasteiger partial charge in [-0.25, -0.2) is 27.9 Å². The molecule has 3 N–H and O–H groups in total. The van der Waals surface area contributed by atoms with E-state index in [0.717, 1.165) is 4.90 Å². The van der Waals surface area contributed by atoms with Crippen molar-refractivity contribution in [1.82, 2.24) is 20.2 Å². The Bertz CT molecular complexity index is 1350. The number of anilines is 2. The average Bonchev–Trinajstić information content (AvgIpc) is 3.10. The van der Waals surface area contributed by atoms with E-state index < -0.39 is 40.0 Å². The number of nitrogens with one attached hydrogen (secondary N) is 3. The summed E-state index contributed by atoms with van der Waals surface area (Å²) in [6.45, 7) is 1.29. The van der Waals surface area contributed by atoms with E-state index in [2.05, 4.69) is 25.3 Å². The molecule has 4 amide bonds. The molecule has 4 rings (SSSR count). The zero-order chi connectivity index (χ0) is 25.1. The lowest BCUT2D eigenvalue weighted by Crippen LogP contribution is -2.44. The van der Waals surface area contributed by atoms with Crippen molar-refractivity contribution in [2.75, 3.05) is 16.6 Å². The van der Waals surface area contributed by atoms with Crippen molar-refractivity contribution < 1.29 is 22.8 Å². The van der Waals surface area contributed by atoms with Crippen LogP contribution in [0.25, 0.3) is 0 Å². The lowest BCUT2D eigenvalue weighted by atomic mass is 9.87. The molecule has 1 aromatic heterocycles. The fourth-order valence-electron chi connectivity index (χ4n) is 3.72. The van der Waals surface area contributed by atoms with E-state index >= 15 is 0 Å². The maximum Gasteiger partial charge on any atom is 0.325 e. The smallest absolute Gasteiger partial charge is 0.325 e. The van der Waals surface area contributed by atoms with Gasteiger partial charge in [-0.2, -0.15) is 0 Å². The van der Waals surface area contributed by atoms with E-state index in [1.807, 2.05) is 0 Å². The second-order valence-corrected chi connectivity index (χ2v) is 9.38. The molecule has 1 atom stereocenters. The first-order valence-corrected chi connectivity index (χ1v) is 12.1. The molecule has 1 aliphatic rings. The molecule has 0 radical (unpaired) electrons. The number of benzene rings is 2. The third-order valence-electron chi connectivity index (χ3n) is 5.51. The Morgan fingerprint density at radius 3 is 2.29 bits per heavy atom. The summed E-state index contributed by atoms with van der Waals surface area (Å²) < 4.78 is 27.2. The van der Waals surface area contributed by atoms with Gasteiger partial charge in [0.15, 0.2) is 0 Å². The Kier molecular flexibility index (Phi) is 6.47. The first-order valence-electron chi connectivity index (χ1n) is 10.6. The number of rotatable bonds is 8. The van der Waals surface area contributed by atoms with Crippen molar-refractivity contribution in [3.05, 3.63) is 78.6 Å². The van der Waals surface area contributed by atoms with Crippen LogP contribution in [0.2, 0.25) is 0 Å². The first kappa shape index (κ1) is 23.8. The molecule has 11 nitrogen and oxygen atoms in total. The minimum atomic E-state index is -3.93. The SMILES string of the molecule is CC[C@@]1(c2ccccc2)NC(=O)N(CC(=O)Nc2ccc(S(=O)(=O)Nc3ncccn3)cc2)C1=O. The van der Waals surface area contributed by atoms with Crippen molar-refractivity contribution in [2.45, 2.75) is 23.8 Å². The first-order chi connectivity index (χ1) is 16.7. The number of hydrogen-bond donors (Lipinski definition) is 3. The lowest BCUT2D eigenvalue weighted by Gasteiger charge is -2.25. The second kappa shape index (κ2) is 9.50. The largest absolute Gasteiger partial charge is 0.325 e. The number of amides is 4. The van der Waals surface area contributed by atoms with Crippen molar-refractivity contribution in [3.8, 4) is 0 Å². The Hall–Kier alpha value is -4.32. The van der Waals surface area contributed by atoms with Gasteiger partial charge in [-0.3, -0.25) is 14.5 Å². The fourth-order valence-corrected chi connectivity index (χ4v) is 4.68. The van der Waals surface area contributed by atoms with Gasteiger partial charge in [0.25, 0.3) is 15.9 Å². The van der Waals surface area contributed by atoms with E-state index in [-0.39, 0.29) is 10.8 Å². The lowest BCUT2D eigenvalue weighted by molar-refractivity contribution is -0.134. The molecule has 0 saturated carbocycles. The Balaban J connectivity index is 1.42. The molecule has 0 unspecified atom stereocenters. The van der Waals surface area contributed by atoms with Crippen LogP contribution < -0.4 is 15.4 Å². The molecule has 35 heavy (non-hydrogen) atoms. The number of nitrogens with zero attached hydrogens (tertiary/aromatic N) is 3. The standard InChI is InChI=1S/C23H22N6O5S/c1-2-23(16-7-4-3-5-8-16)20(31)29(22(32)27-23)15-19(30)26-17-9-11-18(12-10-17)35(33,34)28-21-24-13-6-14-25-21/h3-14H,2,15H2,1H3,(H,26,30)(H,27,32)(H,24,25,28)/t23-/m0/s1. The summed E-state index contributed by atoms with van der Waals surface area (Å²) in [5, 5.41) is 5.29. The van der Waals surface area contributed by atoms with Crippen LogP contribution in [0.1, 0.15) is 18.9 Å². The topological polar surface area (TPSA) is 150 Å². The molecule has 0 spiro atoms. The van der Waals surface area contributed by atoms with Gasteiger partial charge in [0.05, 0.1) is 4.90 Å². The summed E-state index contributed by atoms with van der Waals surface area (Å²) in [6, 6.07) is 15.1. The van der Waals surface area contributed by atoms with E-state index in [9.17, 15) is 22.8 Å². The number of carbonyl (C=O) groups excluding carboxylic acids is 3. The highest BCUT2D eigenvalue weighted by molar-refractivity contribution is 7.92. The van der Waals surface area contributed by atoms with Crippen LogP contribution in [-0.4, -0.2) is 47.7 Å². The van der Waals surface area contributed by atoms with E-state index in [0.29, 0.717) is 17.7 Å². The normalized spacial score (nSPS) is 17.7. The van der Waals surface area contributed by atoms with Crippen LogP contribution in [0.15, 0.2) is 78.0 Å². The predicted molar refractivity (Wildman–Crippen MR) is 127 cm³/mol. The minimum absolute atomic E-state index is 0.0624. The van der Waals surface area contributed by atoms with E-state index in [1.54, 1.807) is 43.3 Å². The summed E-state index contributed by atoms with van der Waals surface area (Å²) in [5.74, 6) is -1.20. The minimum Gasteiger partial charge on any atom is -0.325 e. The summed E-state index contributed by atoms with van der Waals surface area (Å²) in [6.07, 6.45) is 3.12. The van der Waals surface area contributed by atoms with Crippen molar-refractivity contribution in [3.63, 3.8) is 0 Å². The number of sulfonamides is 1. The molecule has 2 heterocycles. The maximum absolute atomic E-state index is 13.1. The molecule has 0 aliphatic carbocycles. The molecule has 12 heteroatoms. The van der Waals surface area contributed by atoms with Crippen molar-refractivity contribution >= 4 is 39.5 Å². The van der Waals surface area contributed by atoms with Crippen LogP contribution in [0.5, 0.6) is 0 Å². The second-order valence-electron chi connectivity index (χ2n) is 7.70. The van der Waals surface area contributed by atoms with E-state index in [4.69, 9.17) is 0 Å². The maximum atomic E-state index is 13.1. The van der Waals surface area contributed by atoms with Gasteiger partial charge in [-0.05, 0) is 42.3 Å². The number of hydrogen-bond acceptors (Lipinski definition) is 7. The highest BCUT2D eigenvalue weighted by Gasteiger charge is 2.51. The summed E-state index contributed by atoms with van der Waals surface area (Å²) in [5.41, 5.74) is -0.304. The summed E-state index contributed by atoms with van der Waals surface area (Å²) >= 11 is 0. The van der Waals surface area contributed by atoms with Gasteiger partial charge < -0.3 is 10.6 Å². The Labute approximate surface area is 201 Å². The van der Waals surface area contributed by atoms with E-state index in [1.165, 1.54) is 36.7 Å². The Morgan fingerprint density at radius 2 is 1.66 bits per heavy atom. The van der Waals surface area contributed by atoms with Crippen LogP contribution in [0, 0.1) is 0 Å². The molecular weight excluding hydrogens is 472 g/mol. The molecule has 1 aliphatic heterocycles. The van der Waals surface area contributed by atoms with Gasteiger partial charge >= 0.3 is 6.03 Å². The highest BCUT2D eigenvalue weighted by Crippen LogP contribution is 2.32. The van der Waals surface area contributed by atoms with Crippen LogP contribution in [0.3, 0.4) is 0 Å². The summed E-state index contributed by atoms with van der Waals surface area (Å²) in [4.78, 5) is 46.7. The molecule has 180 valence electrons. The molecule has 1 fully saturated rings. The molecule has 2 aromatic carbocycles. The van der Waals surface area contributed by atoms with Gasteiger partial charge in [0.2, 0.25) is 11.9 Å². The van der Waals surface area contributed by atoms with Gasteiger partial charge in [-0.15, -0.1) is 0 Å². The van der Waals surface area contributed by atoms with Crippen LogP contribution >= 0.6 is 0 Å². The predicted octanol–water partition coefficient (Wildman–Crippen LogP) is 2.07. The van der Waals surface area contributed by atoms with Crippen LogP contribution in [0.4, 0.5) is 16.4 Å². The fraction of sp³-hybridized carbons (Fsp3) is 0.174. The number of imide groups is 1. The highest BCUT2D eigenvalue weighted by atomic mass is 32.2. The Morgan fingerprint density at radius 1 is 1.00 bits per heavy atom. The van der Waals surface area contributed by atoms with Crippen molar-refractivity contribution in [1.29, 1.82) is 0 Å². The zero-order valence-corrected chi connectivity index (χ0v) is 19.5. The van der Waals surface area contributed by atoms with Gasteiger partial charge in [0.1, 0.15) is 12.1 Å². The van der Waals surface area contributed by atoms with Gasteiger partial charge in [-0.1, -0.05) is 37.3 Å². The third-order valence-corrected chi connectivity index (χ3v) is 6.86.